The van der Waals surface area contributed by atoms with Gasteiger partial charge in [-0.3, -0.25) is 0 Å². The summed E-state index contributed by atoms with van der Waals surface area (Å²) in [5, 5.41) is 9.14. The zero-order valence-electron chi connectivity index (χ0n) is 11.7. The van der Waals surface area contributed by atoms with Crippen molar-refractivity contribution in [2.24, 2.45) is 5.92 Å². The van der Waals surface area contributed by atoms with Gasteiger partial charge in [0.05, 0.1) is 0 Å². The van der Waals surface area contributed by atoms with E-state index in [-0.39, 0.29) is 5.82 Å². The Hall–Kier alpha value is -0.930. The first-order chi connectivity index (χ1) is 9.19. The van der Waals surface area contributed by atoms with Crippen molar-refractivity contribution < 1.29 is 9.50 Å². The van der Waals surface area contributed by atoms with Crippen LogP contribution < -0.4 is 0 Å². The summed E-state index contributed by atoms with van der Waals surface area (Å²) in [5.74, 6) is 0.348. The summed E-state index contributed by atoms with van der Waals surface area (Å²) in [4.78, 5) is 2.49. The molecule has 0 radical (unpaired) electrons. The molecule has 1 fully saturated rings. The van der Waals surface area contributed by atoms with Crippen LogP contribution in [0.1, 0.15) is 31.7 Å². The molecule has 1 saturated heterocycles. The van der Waals surface area contributed by atoms with Crippen LogP contribution in [0.3, 0.4) is 0 Å². The standard InChI is InChI=1S/C16H24FNO/c1-13(18-9-7-15(12-19)8-10-18)5-6-14-3-2-4-16(17)11-14/h2-4,11,13,15,19H,5-10,12H2,1H3. The van der Waals surface area contributed by atoms with Crippen molar-refractivity contribution in [3.8, 4) is 0 Å². The Kier molecular flexibility index (Phi) is 5.34. The predicted octanol–water partition coefficient (Wildman–Crippen LogP) is 2.85. The van der Waals surface area contributed by atoms with E-state index in [0.717, 1.165) is 44.3 Å². The molecule has 19 heavy (non-hydrogen) atoms. The van der Waals surface area contributed by atoms with E-state index < -0.39 is 0 Å². The van der Waals surface area contributed by atoms with Gasteiger partial charge in [0.25, 0.3) is 0 Å². The first-order valence-electron chi connectivity index (χ1n) is 7.28. The molecule has 0 amide bonds. The first-order valence-corrected chi connectivity index (χ1v) is 7.28. The molecule has 1 atom stereocenters. The van der Waals surface area contributed by atoms with Gasteiger partial charge in [0.15, 0.2) is 0 Å². The molecule has 1 aliphatic heterocycles. The Morgan fingerprint density at radius 2 is 2.11 bits per heavy atom. The average molecular weight is 265 g/mol. The van der Waals surface area contributed by atoms with E-state index in [4.69, 9.17) is 5.11 Å². The summed E-state index contributed by atoms with van der Waals surface area (Å²) in [6, 6.07) is 7.43. The van der Waals surface area contributed by atoms with Crippen molar-refractivity contribution in [1.29, 1.82) is 0 Å². The van der Waals surface area contributed by atoms with E-state index in [2.05, 4.69) is 11.8 Å². The molecule has 1 aromatic carbocycles. The summed E-state index contributed by atoms with van der Waals surface area (Å²) in [6.45, 7) is 4.73. The number of hydrogen-bond acceptors (Lipinski definition) is 2. The number of piperidine rings is 1. The fraction of sp³-hybridized carbons (Fsp3) is 0.625. The number of rotatable bonds is 5. The SMILES string of the molecule is CC(CCc1cccc(F)c1)N1CCC(CO)CC1. The monoisotopic (exact) mass is 265 g/mol. The highest BCUT2D eigenvalue weighted by Gasteiger charge is 2.21. The Bertz CT molecular complexity index is 388. The van der Waals surface area contributed by atoms with E-state index in [0.29, 0.717) is 18.6 Å². The fourth-order valence-corrected chi connectivity index (χ4v) is 2.83. The molecule has 106 valence electrons. The minimum absolute atomic E-state index is 0.145. The van der Waals surface area contributed by atoms with Gasteiger partial charge in [-0.1, -0.05) is 12.1 Å². The van der Waals surface area contributed by atoms with Crippen LogP contribution in [0.25, 0.3) is 0 Å². The molecule has 0 aliphatic carbocycles. The van der Waals surface area contributed by atoms with Gasteiger partial charge < -0.3 is 10.0 Å². The topological polar surface area (TPSA) is 23.5 Å². The fourth-order valence-electron chi connectivity index (χ4n) is 2.83. The van der Waals surface area contributed by atoms with Gasteiger partial charge in [-0.2, -0.15) is 0 Å². The molecule has 0 aromatic heterocycles. The second-order valence-corrected chi connectivity index (χ2v) is 5.68. The summed E-state index contributed by atoms with van der Waals surface area (Å²) < 4.78 is 13.1. The Labute approximate surface area is 115 Å². The highest BCUT2D eigenvalue weighted by molar-refractivity contribution is 5.16. The molecule has 3 heteroatoms. The third kappa shape index (κ3) is 4.29. The van der Waals surface area contributed by atoms with Gasteiger partial charge in [0.2, 0.25) is 0 Å². The van der Waals surface area contributed by atoms with Gasteiger partial charge in [0.1, 0.15) is 5.82 Å². The largest absolute Gasteiger partial charge is 0.396 e. The van der Waals surface area contributed by atoms with Crippen molar-refractivity contribution in [3.05, 3.63) is 35.6 Å². The molecular formula is C16H24FNO. The van der Waals surface area contributed by atoms with E-state index in [1.165, 1.54) is 6.07 Å². The maximum absolute atomic E-state index is 13.1. The average Bonchev–Trinajstić information content (AvgIpc) is 2.45. The Morgan fingerprint density at radius 3 is 2.74 bits per heavy atom. The van der Waals surface area contributed by atoms with Gasteiger partial charge in [0, 0.05) is 12.6 Å². The van der Waals surface area contributed by atoms with Crippen molar-refractivity contribution >= 4 is 0 Å². The molecule has 2 rings (SSSR count). The van der Waals surface area contributed by atoms with E-state index in [1.807, 2.05) is 6.07 Å². The van der Waals surface area contributed by atoms with E-state index in [9.17, 15) is 4.39 Å². The van der Waals surface area contributed by atoms with Gasteiger partial charge >= 0.3 is 0 Å². The van der Waals surface area contributed by atoms with Crippen LogP contribution in [0, 0.1) is 11.7 Å². The molecule has 0 spiro atoms. The lowest BCUT2D eigenvalue weighted by Gasteiger charge is -2.35. The van der Waals surface area contributed by atoms with E-state index >= 15 is 0 Å². The number of nitrogens with zero attached hydrogens (tertiary/aromatic N) is 1. The van der Waals surface area contributed by atoms with Gasteiger partial charge in [-0.25, -0.2) is 4.39 Å². The molecule has 0 saturated carbocycles. The minimum Gasteiger partial charge on any atom is -0.396 e. The van der Waals surface area contributed by atoms with E-state index in [1.54, 1.807) is 12.1 Å². The molecule has 1 heterocycles. The summed E-state index contributed by atoms with van der Waals surface area (Å²) in [7, 11) is 0. The second kappa shape index (κ2) is 7.01. The zero-order valence-corrected chi connectivity index (χ0v) is 11.7. The van der Waals surface area contributed by atoms with Crippen LogP contribution in [0.5, 0.6) is 0 Å². The summed E-state index contributed by atoms with van der Waals surface area (Å²) >= 11 is 0. The number of aliphatic hydroxyl groups excluding tert-OH is 1. The second-order valence-electron chi connectivity index (χ2n) is 5.68. The lowest BCUT2D eigenvalue weighted by molar-refractivity contribution is 0.103. The Balaban J connectivity index is 1.77. The smallest absolute Gasteiger partial charge is 0.123 e. The quantitative estimate of drug-likeness (QED) is 0.885. The lowest BCUT2D eigenvalue weighted by atomic mass is 9.95. The van der Waals surface area contributed by atoms with Crippen molar-refractivity contribution in [3.63, 3.8) is 0 Å². The number of halogens is 1. The van der Waals surface area contributed by atoms with Crippen LogP contribution in [0.15, 0.2) is 24.3 Å². The molecule has 1 aliphatic rings. The van der Waals surface area contributed by atoms with Gasteiger partial charge in [-0.05, 0) is 69.3 Å². The molecule has 2 nitrogen and oxygen atoms in total. The van der Waals surface area contributed by atoms with Crippen molar-refractivity contribution in [1.82, 2.24) is 4.90 Å². The summed E-state index contributed by atoms with van der Waals surface area (Å²) in [5.41, 5.74) is 1.08. The maximum Gasteiger partial charge on any atom is 0.123 e. The normalized spacial score (nSPS) is 19.5. The highest BCUT2D eigenvalue weighted by Crippen LogP contribution is 2.20. The Morgan fingerprint density at radius 1 is 1.37 bits per heavy atom. The third-order valence-corrected chi connectivity index (χ3v) is 4.27. The summed E-state index contributed by atoms with van der Waals surface area (Å²) in [6.07, 6.45) is 4.19. The number of likely N-dealkylation sites (tertiary alicyclic amines) is 1. The van der Waals surface area contributed by atoms with Gasteiger partial charge in [-0.15, -0.1) is 0 Å². The van der Waals surface area contributed by atoms with Crippen LogP contribution in [0.2, 0.25) is 0 Å². The van der Waals surface area contributed by atoms with Crippen LogP contribution in [0.4, 0.5) is 4.39 Å². The van der Waals surface area contributed by atoms with Crippen LogP contribution in [-0.4, -0.2) is 35.7 Å². The molecule has 0 bridgehead atoms. The molecule has 1 unspecified atom stereocenters. The van der Waals surface area contributed by atoms with Crippen molar-refractivity contribution in [2.45, 2.75) is 38.6 Å². The van der Waals surface area contributed by atoms with Crippen LogP contribution >= 0.6 is 0 Å². The lowest BCUT2D eigenvalue weighted by Crippen LogP contribution is -2.40. The zero-order chi connectivity index (χ0) is 13.7. The first kappa shape index (κ1) is 14.5. The number of aliphatic hydroxyl groups is 1. The van der Waals surface area contributed by atoms with Crippen LogP contribution in [-0.2, 0) is 6.42 Å². The maximum atomic E-state index is 13.1. The minimum atomic E-state index is -0.145. The number of benzene rings is 1. The van der Waals surface area contributed by atoms with Crippen molar-refractivity contribution in [2.75, 3.05) is 19.7 Å². The highest BCUT2D eigenvalue weighted by atomic mass is 19.1. The number of hydrogen-bond donors (Lipinski definition) is 1. The molecule has 1 aromatic rings. The predicted molar refractivity (Wildman–Crippen MR) is 75.6 cm³/mol. The molecular weight excluding hydrogens is 241 g/mol. The third-order valence-electron chi connectivity index (χ3n) is 4.27. The number of aryl methyl sites for hydroxylation is 1. The molecule has 1 N–H and O–H groups in total.